The zero-order valence-corrected chi connectivity index (χ0v) is 8.89. The summed E-state index contributed by atoms with van der Waals surface area (Å²) in [6, 6.07) is 6.71. The van der Waals surface area contributed by atoms with Gasteiger partial charge >= 0.3 is 0 Å². The van der Waals surface area contributed by atoms with E-state index in [0.717, 1.165) is 5.92 Å². The van der Waals surface area contributed by atoms with Crippen LogP contribution in [0.4, 0.5) is 0 Å². The van der Waals surface area contributed by atoms with Crippen LogP contribution in [0.2, 0.25) is 0 Å². The molecule has 0 fully saturated rings. The van der Waals surface area contributed by atoms with Crippen molar-refractivity contribution in [3.05, 3.63) is 33.8 Å². The van der Waals surface area contributed by atoms with Crippen molar-refractivity contribution < 1.29 is 0 Å². The van der Waals surface area contributed by atoms with Crippen LogP contribution in [0.15, 0.2) is 22.7 Å². The molecule has 1 heteroatoms. The molecule has 2 rings (SSSR count). The Morgan fingerprint density at radius 3 is 3.08 bits per heavy atom. The highest BCUT2D eigenvalue weighted by Gasteiger charge is 2.20. The first-order chi connectivity index (χ1) is 5.81. The highest BCUT2D eigenvalue weighted by atomic mass is 79.9. The van der Waals surface area contributed by atoms with Crippen LogP contribution in [0.3, 0.4) is 0 Å². The van der Waals surface area contributed by atoms with E-state index in [9.17, 15) is 0 Å². The van der Waals surface area contributed by atoms with Gasteiger partial charge in [-0.1, -0.05) is 28.9 Å². The van der Waals surface area contributed by atoms with Gasteiger partial charge in [0.2, 0.25) is 0 Å². The molecule has 0 saturated heterocycles. The van der Waals surface area contributed by atoms with Gasteiger partial charge in [0.25, 0.3) is 0 Å². The van der Waals surface area contributed by atoms with Crippen LogP contribution in [0.25, 0.3) is 0 Å². The maximum atomic E-state index is 3.51. The third-order valence-corrected chi connectivity index (χ3v) is 3.29. The zero-order chi connectivity index (χ0) is 8.55. The fraction of sp³-hybridized carbons (Fsp3) is 0.455. The summed E-state index contributed by atoms with van der Waals surface area (Å²) >= 11 is 3.51. The molecule has 64 valence electrons. The van der Waals surface area contributed by atoms with Gasteiger partial charge in [0.1, 0.15) is 0 Å². The standard InChI is InChI=1S/C11H13Br/c1-2-8-3-4-9-7-10(12)5-6-11(8)9/h5-8H,2-4H2,1H3. The number of aryl methyl sites for hydroxylation is 1. The van der Waals surface area contributed by atoms with Crippen molar-refractivity contribution in [1.29, 1.82) is 0 Å². The summed E-state index contributed by atoms with van der Waals surface area (Å²) in [6.07, 6.45) is 3.91. The summed E-state index contributed by atoms with van der Waals surface area (Å²) in [6.45, 7) is 2.28. The summed E-state index contributed by atoms with van der Waals surface area (Å²) in [4.78, 5) is 0. The lowest BCUT2D eigenvalue weighted by molar-refractivity contribution is 0.656. The first-order valence-electron chi connectivity index (χ1n) is 4.59. The van der Waals surface area contributed by atoms with Crippen LogP contribution in [0.1, 0.15) is 36.8 Å². The van der Waals surface area contributed by atoms with Crippen LogP contribution in [0.5, 0.6) is 0 Å². The highest BCUT2D eigenvalue weighted by molar-refractivity contribution is 9.10. The lowest BCUT2D eigenvalue weighted by atomic mass is 9.99. The Bertz CT molecular complexity index is 291. The molecule has 0 amide bonds. The van der Waals surface area contributed by atoms with Gasteiger partial charge in [-0.2, -0.15) is 0 Å². The molecule has 1 atom stereocenters. The van der Waals surface area contributed by atoms with Gasteiger partial charge in [-0.3, -0.25) is 0 Å². The number of rotatable bonds is 1. The molecule has 1 aromatic rings. The summed E-state index contributed by atoms with van der Waals surface area (Å²) in [5.41, 5.74) is 3.14. The third-order valence-electron chi connectivity index (χ3n) is 2.80. The molecule has 1 aromatic carbocycles. The Morgan fingerprint density at radius 1 is 1.50 bits per heavy atom. The average molecular weight is 225 g/mol. The zero-order valence-electron chi connectivity index (χ0n) is 7.31. The molecule has 0 radical (unpaired) electrons. The van der Waals surface area contributed by atoms with Gasteiger partial charge in [0.05, 0.1) is 0 Å². The molecule has 0 saturated carbocycles. The third kappa shape index (κ3) is 1.31. The molecule has 0 aromatic heterocycles. The molecule has 0 heterocycles. The SMILES string of the molecule is CCC1CCc2cc(Br)ccc21. The quantitative estimate of drug-likeness (QED) is 0.680. The van der Waals surface area contributed by atoms with E-state index in [0.29, 0.717) is 0 Å². The topological polar surface area (TPSA) is 0 Å². The summed E-state index contributed by atoms with van der Waals surface area (Å²) < 4.78 is 1.22. The molecule has 1 aliphatic rings. The summed E-state index contributed by atoms with van der Waals surface area (Å²) in [7, 11) is 0. The van der Waals surface area contributed by atoms with E-state index in [2.05, 4.69) is 41.1 Å². The highest BCUT2D eigenvalue weighted by Crippen LogP contribution is 2.36. The molecule has 0 N–H and O–H groups in total. The van der Waals surface area contributed by atoms with E-state index in [4.69, 9.17) is 0 Å². The van der Waals surface area contributed by atoms with Crippen LogP contribution >= 0.6 is 15.9 Å². The molecule has 0 spiro atoms. The fourth-order valence-corrected chi connectivity index (χ4v) is 2.51. The molecule has 12 heavy (non-hydrogen) atoms. The van der Waals surface area contributed by atoms with Gasteiger partial charge in [-0.25, -0.2) is 0 Å². The average Bonchev–Trinajstić information content (AvgIpc) is 2.46. The minimum atomic E-state index is 0.827. The Kier molecular flexibility index (Phi) is 2.22. The van der Waals surface area contributed by atoms with E-state index in [1.807, 2.05) is 0 Å². The van der Waals surface area contributed by atoms with E-state index in [-0.39, 0.29) is 0 Å². The Labute approximate surface area is 82.1 Å². The minimum Gasteiger partial charge on any atom is -0.0648 e. The second-order valence-corrected chi connectivity index (χ2v) is 4.40. The lowest BCUT2D eigenvalue weighted by Gasteiger charge is -2.07. The predicted molar refractivity (Wildman–Crippen MR) is 55.5 cm³/mol. The molecular formula is C11H13Br. The fourth-order valence-electron chi connectivity index (χ4n) is 2.10. The smallest absolute Gasteiger partial charge is 0.0178 e. The van der Waals surface area contributed by atoms with Crippen molar-refractivity contribution in [1.82, 2.24) is 0 Å². The Morgan fingerprint density at radius 2 is 2.33 bits per heavy atom. The molecular weight excluding hydrogens is 212 g/mol. The normalized spacial score (nSPS) is 21.0. The first-order valence-corrected chi connectivity index (χ1v) is 5.39. The summed E-state index contributed by atoms with van der Waals surface area (Å²) in [5, 5.41) is 0. The number of hydrogen-bond acceptors (Lipinski definition) is 0. The largest absolute Gasteiger partial charge is 0.0648 e. The van der Waals surface area contributed by atoms with Crippen molar-refractivity contribution in [3.63, 3.8) is 0 Å². The molecule has 0 nitrogen and oxygen atoms in total. The van der Waals surface area contributed by atoms with E-state index in [1.165, 1.54) is 23.7 Å². The minimum absolute atomic E-state index is 0.827. The number of fused-ring (bicyclic) bond motifs is 1. The maximum Gasteiger partial charge on any atom is 0.0178 e. The number of hydrogen-bond donors (Lipinski definition) is 0. The van der Waals surface area contributed by atoms with Crippen LogP contribution < -0.4 is 0 Å². The van der Waals surface area contributed by atoms with Gasteiger partial charge < -0.3 is 0 Å². The van der Waals surface area contributed by atoms with Gasteiger partial charge in [0, 0.05) is 4.47 Å². The monoisotopic (exact) mass is 224 g/mol. The second-order valence-electron chi connectivity index (χ2n) is 3.49. The predicted octanol–water partition coefficient (Wildman–Crippen LogP) is 3.89. The van der Waals surface area contributed by atoms with Gasteiger partial charge in [0.15, 0.2) is 0 Å². The number of halogens is 1. The van der Waals surface area contributed by atoms with E-state index in [1.54, 1.807) is 11.1 Å². The molecule has 0 aliphatic heterocycles. The van der Waals surface area contributed by atoms with Crippen LogP contribution in [0, 0.1) is 0 Å². The number of benzene rings is 1. The van der Waals surface area contributed by atoms with Gasteiger partial charge in [-0.05, 0) is 48.4 Å². The Hall–Kier alpha value is -0.300. The maximum absolute atomic E-state index is 3.51. The van der Waals surface area contributed by atoms with Crippen LogP contribution in [-0.2, 0) is 6.42 Å². The van der Waals surface area contributed by atoms with Crippen molar-refractivity contribution >= 4 is 15.9 Å². The van der Waals surface area contributed by atoms with Crippen molar-refractivity contribution in [2.45, 2.75) is 32.1 Å². The molecule has 1 unspecified atom stereocenters. The van der Waals surface area contributed by atoms with E-state index >= 15 is 0 Å². The van der Waals surface area contributed by atoms with E-state index < -0.39 is 0 Å². The van der Waals surface area contributed by atoms with Crippen LogP contribution in [-0.4, -0.2) is 0 Å². The molecule has 0 bridgehead atoms. The van der Waals surface area contributed by atoms with Crippen molar-refractivity contribution in [2.24, 2.45) is 0 Å². The molecule has 1 aliphatic carbocycles. The Balaban J connectivity index is 2.40. The van der Waals surface area contributed by atoms with Crippen molar-refractivity contribution in [2.75, 3.05) is 0 Å². The summed E-state index contributed by atoms with van der Waals surface area (Å²) in [5.74, 6) is 0.827. The first kappa shape index (κ1) is 8.31. The second kappa shape index (κ2) is 3.21. The van der Waals surface area contributed by atoms with Crippen molar-refractivity contribution in [3.8, 4) is 0 Å². The lowest BCUT2D eigenvalue weighted by Crippen LogP contribution is -1.89. The van der Waals surface area contributed by atoms with Gasteiger partial charge in [-0.15, -0.1) is 0 Å².